The van der Waals surface area contributed by atoms with Crippen molar-refractivity contribution in [3.05, 3.63) is 34.3 Å². The van der Waals surface area contributed by atoms with Crippen molar-refractivity contribution in [2.45, 2.75) is 18.5 Å². The Kier molecular flexibility index (Phi) is 3.38. The first kappa shape index (κ1) is 12.4. The van der Waals surface area contributed by atoms with Crippen LogP contribution in [0.3, 0.4) is 0 Å². The van der Waals surface area contributed by atoms with Gasteiger partial charge in [0.25, 0.3) is 0 Å². The van der Waals surface area contributed by atoms with Crippen LogP contribution in [-0.2, 0) is 5.67 Å². The van der Waals surface area contributed by atoms with Gasteiger partial charge in [-0.25, -0.2) is 9.18 Å². The highest BCUT2D eigenvalue weighted by molar-refractivity contribution is 9.10. The van der Waals surface area contributed by atoms with E-state index in [-0.39, 0.29) is 6.54 Å². The van der Waals surface area contributed by atoms with Gasteiger partial charge in [0.15, 0.2) is 5.67 Å². The zero-order valence-electron chi connectivity index (χ0n) is 9.20. The number of carbonyl (C=O) groups is 1. The number of likely N-dealkylation sites (tertiary alicyclic amines) is 1. The van der Waals surface area contributed by atoms with Crippen molar-refractivity contribution in [2.75, 3.05) is 13.1 Å². The quantitative estimate of drug-likeness (QED) is 0.864. The van der Waals surface area contributed by atoms with Crippen LogP contribution >= 0.6 is 15.9 Å². The Morgan fingerprint density at radius 1 is 1.47 bits per heavy atom. The molecule has 1 atom stereocenters. The highest BCUT2D eigenvalue weighted by Gasteiger charge is 2.39. The van der Waals surface area contributed by atoms with Crippen LogP contribution in [0.25, 0.3) is 0 Å². The number of piperidine rings is 1. The van der Waals surface area contributed by atoms with E-state index in [4.69, 9.17) is 5.11 Å². The summed E-state index contributed by atoms with van der Waals surface area (Å²) in [7, 11) is 0. The lowest BCUT2D eigenvalue weighted by molar-refractivity contribution is 0.0425. The van der Waals surface area contributed by atoms with E-state index >= 15 is 0 Å². The molecule has 0 aliphatic carbocycles. The summed E-state index contributed by atoms with van der Waals surface area (Å²) < 4.78 is 15.5. The van der Waals surface area contributed by atoms with Crippen molar-refractivity contribution in [2.24, 2.45) is 0 Å². The van der Waals surface area contributed by atoms with Gasteiger partial charge < -0.3 is 10.0 Å². The number of alkyl halides is 1. The number of rotatable bonds is 1. The largest absolute Gasteiger partial charge is 0.465 e. The molecule has 5 heteroatoms. The van der Waals surface area contributed by atoms with Crippen LogP contribution in [0.2, 0.25) is 0 Å². The van der Waals surface area contributed by atoms with Crippen LogP contribution in [-0.4, -0.2) is 29.2 Å². The molecule has 1 unspecified atom stereocenters. The average Bonchev–Trinajstić information content (AvgIpc) is 2.29. The first-order valence-electron chi connectivity index (χ1n) is 5.45. The fraction of sp³-hybridized carbons (Fsp3) is 0.417. The van der Waals surface area contributed by atoms with Crippen molar-refractivity contribution >= 4 is 22.0 Å². The molecule has 0 spiro atoms. The molecule has 2 rings (SSSR count). The molecule has 1 heterocycles. The normalized spacial score (nSPS) is 24.7. The molecule has 1 fully saturated rings. The molecular formula is C12H13BrFNO2. The predicted molar refractivity (Wildman–Crippen MR) is 65.8 cm³/mol. The summed E-state index contributed by atoms with van der Waals surface area (Å²) in [5, 5.41) is 8.93. The Labute approximate surface area is 107 Å². The van der Waals surface area contributed by atoms with Crippen LogP contribution in [0, 0.1) is 0 Å². The summed E-state index contributed by atoms with van der Waals surface area (Å²) in [5.41, 5.74) is -1.05. The van der Waals surface area contributed by atoms with Gasteiger partial charge in [0.1, 0.15) is 0 Å². The van der Waals surface area contributed by atoms with Gasteiger partial charge in [-0.3, -0.25) is 0 Å². The summed E-state index contributed by atoms with van der Waals surface area (Å²) >= 11 is 3.32. The summed E-state index contributed by atoms with van der Waals surface area (Å²) in [6.07, 6.45) is -0.150. The van der Waals surface area contributed by atoms with E-state index in [9.17, 15) is 9.18 Å². The third kappa shape index (κ3) is 2.44. The first-order valence-corrected chi connectivity index (χ1v) is 6.24. The van der Waals surface area contributed by atoms with Crippen molar-refractivity contribution in [1.29, 1.82) is 0 Å². The number of hydrogen-bond donors (Lipinski definition) is 1. The van der Waals surface area contributed by atoms with Gasteiger partial charge in [0.05, 0.1) is 6.54 Å². The van der Waals surface area contributed by atoms with Crippen molar-refractivity contribution < 1.29 is 14.3 Å². The van der Waals surface area contributed by atoms with E-state index in [1.165, 1.54) is 0 Å². The van der Waals surface area contributed by atoms with Gasteiger partial charge >= 0.3 is 6.09 Å². The van der Waals surface area contributed by atoms with Crippen molar-refractivity contribution in [3.63, 3.8) is 0 Å². The second kappa shape index (κ2) is 4.64. The van der Waals surface area contributed by atoms with E-state index in [2.05, 4.69) is 15.9 Å². The molecule has 0 aromatic heterocycles. The van der Waals surface area contributed by atoms with Crippen molar-refractivity contribution in [3.8, 4) is 0 Å². The third-order valence-corrected chi connectivity index (χ3v) is 3.76. The minimum atomic E-state index is -1.59. The molecule has 1 N–H and O–H groups in total. The molecule has 1 aliphatic heterocycles. The first-order chi connectivity index (χ1) is 8.03. The SMILES string of the molecule is O=C(O)N1CCCC(F)(c2ccccc2Br)C1. The van der Waals surface area contributed by atoms with Gasteiger partial charge in [-0.05, 0) is 18.9 Å². The highest BCUT2D eigenvalue weighted by Crippen LogP contribution is 2.39. The van der Waals surface area contributed by atoms with Gasteiger partial charge in [-0.2, -0.15) is 0 Å². The Morgan fingerprint density at radius 2 is 2.18 bits per heavy atom. The number of carboxylic acid groups (broad SMARTS) is 1. The molecular weight excluding hydrogens is 289 g/mol. The molecule has 0 bridgehead atoms. The third-order valence-electron chi connectivity index (χ3n) is 3.07. The number of hydrogen-bond acceptors (Lipinski definition) is 1. The average molecular weight is 302 g/mol. The summed E-state index contributed by atoms with van der Waals surface area (Å²) in [6.45, 7) is 0.316. The van der Waals surface area contributed by atoms with Gasteiger partial charge in [0.2, 0.25) is 0 Å². The molecule has 0 saturated carbocycles. The highest BCUT2D eigenvalue weighted by atomic mass is 79.9. The van der Waals surface area contributed by atoms with Crippen LogP contribution in [0.4, 0.5) is 9.18 Å². The minimum absolute atomic E-state index is 0.0923. The molecule has 1 amide bonds. The predicted octanol–water partition coefficient (Wildman–Crippen LogP) is 3.39. The molecule has 92 valence electrons. The zero-order valence-corrected chi connectivity index (χ0v) is 10.8. The Hall–Kier alpha value is -1.10. The van der Waals surface area contributed by atoms with E-state index in [1.54, 1.807) is 18.2 Å². The monoisotopic (exact) mass is 301 g/mol. The molecule has 1 aromatic rings. The maximum absolute atomic E-state index is 14.8. The van der Waals surface area contributed by atoms with Gasteiger partial charge in [-0.1, -0.05) is 34.1 Å². The number of amides is 1. The summed E-state index contributed by atoms with van der Waals surface area (Å²) in [6, 6.07) is 7.06. The summed E-state index contributed by atoms with van der Waals surface area (Å²) in [4.78, 5) is 12.0. The van der Waals surface area contributed by atoms with Crippen LogP contribution in [0.5, 0.6) is 0 Å². The molecule has 1 aliphatic rings. The fourth-order valence-corrected chi connectivity index (χ4v) is 2.86. The lowest BCUT2D eigenvalue weighted by atomic mass is 9.87. The standard InChI is InChI=1S/C12H13BrFNO2/c13-10-5-2-1-4-9(10)12(14)6-3-7-15(8-12)11(16)17/h1-2,4-5H,3,6-8H2,(H,16,17). The second-order valence-corrected chi connectivity index (χ2v) is 5.11. The van der Waals surface area contributed by atoms with Crippen LogP contribution in [0.1, 0.15) is 18.4 Å². The van der Waals surface area contributed by atoms with E-state index < -0.39 is 11.8 Å². The topological polar surface area (TPSA) is 40.5 Å². The van der Waals surface area contributed by atoms with Gasteiger partial charge in [-0.15, -0.1) is 0 Å². The maximum atomic E-state index is 14.8. The molecule has 3 nitrogen and oxygen atoms in total. The Balaban J connectivity index is 2.30. The molecule has 17 heavy (non-hydrogen) atoms. The molecule has 1 saturated heterocycles. The lowest BCUT2D eigenvalue weighted by Crippen LogP contribution is -2.45. The number of benzene rings is 1. The van der Waals surface area contributed by atoms with Crippen LogP contribution in [0.15, 0.2) is 28.7 Å². The number of nitrogens with zero attached hydrogens (tertiary/aromatic N) is 1. The Morgan fingerprint density at radius 3 is 2.82 bits per heavy atom. The van der Waals surface area contributed by atoms with Crippen molar-refractivity contribution in [1.82, 2.24) is 4.90 Å². The zero-order chi connectivity index (χ0) is 12.5. The van der Waals surface area contributed by atoms with E-state index in [0.717, 1.165) is 4.90 Å². The Bertz CT molecular complexity index is 440. The smallest absolute Gasteiger partial charge is 0.407 e. The molecule has 0 radical (unpaired) electrons. The number of halogens is 2. The molecule has 1 aromatic carbocycles. The minimum Gasteiger partial charge on any atom is -0.465 e. The second-order valence-electron chi connectivity index (χ2n) is 4.25. The lowest BCUT2D eigenvalue weighted by Gasteiger charge is -2.36. The van der Waals surface area contributed by atoms with E-state index in [0.29, 0.717) is 29.4 Å². The van der Waals surface area contributed by atoms with Gasteiger partial charge in [0, 0.05) is 16.6 Å². The maximum Gasteiger partial charge on any atom is 0.407 e. The summed E-state index contributed by atoms with van der Waals surface area (Å²) in [5.74, 6) is 0. The fourth-order valence-electron chi connectivity index (χ4n) is 2.22. The van der Waals surface area contributed by atoms with Crippen LogP contribution < -0.4 is 0 Å². The van der Waals surface area contributed by atoms with E-state index in [1.807, 2.05) is 6.07 Å².